The number of carbonyl (C=O) groups excluding carboxylic acids is 1. The van der Waals surface area contributed by atoms with E-state index in [9.17, 15) is 4.79 Å². The van der Waals surface area contributed by atoms with Crippen LogP contribution in [0.3, 0.4) is 0 Å². The monoisotopic (exact) mass is 326 g/mol. The van der Waals surface area contributed by atoms with Crippen molar-refractivity contribution < 1.29 is 9.53 Å². The number of benzene rings is 1. The quantitative estimate of drug-likeness (QED) is 0.897. The van der Waals surface area contributed by atoms with Crippen molar-refractivity contribution in [2.24, 2.45) is 5.73 Å². The van der Waals surface area contributed by atoms with Crippen molar-refractivity contribution in [2.75, 3.05) is 11.9 Å². The van der Waals surface area contributed by atoms with Gasteiger partial charge in [0.2, 0.25) is 5.91 Å². The maximum atomic E-state index is 11.9. The molecule has 1 amide bonds. The second-order valence-corrected chi connectivity index (χ2v) is 6.53. The predicted octanol–water partition coefficient (Wildman–Crippen LogP) is 2.67. The van der Waals surface area contributed by atoms with E-state index in [0.29, 0.717) is 19.4 Å². The minimum atomic E-state index is -0.740. The van der Waals surface area contributed by atoms with Crippen LogP contribution in [0.15, 0.2) is 28.7 Å². The van der Waals surface area contributed by atoms with Crippen molar-refractivity contribution in [1.82, 2.24) is 0 Å². The van der Waals surface area contributed by atoms with Crippen LogP contribution in [0.4, 0.5) is 5.69 Å². The number of hydrogen-bond acceptors (Lipinski definition) is 3. The second-order valence-electron chi connectivity index (χ2n) is 5.61. The van der Waals surface area contributed by atoms with Crippen LogP contribution >= 0.6 is 15.9 Å². The molecule has 104 valence electrons. The lowest BCUT2D eigenvalue weighted by atomic mass is 9.80. The predicted molar refractivity (Wildman–Crippen MR) is 79.0 cm³/mol. The SMILES string of the molecule is CC1(C)CC(Nc2ccc(Br)cc2)(C(N)=O)CCO1. The Kier molecular flexibility index (Phi) is 3.87. The normalized spacial score (nSPS) is 25.8. The Morgan fingerprint density at radius 3 is 2.53 bits per heavy atom. The molecule has 0 aromatic heterocycles. The van der Waals surface area contributed by atoms with Crippen LogP contribution in [-0.4, -0.2) is 23.7 Å². The van der Waals surface area contributed by atoms with E-state index >= 15 is 0 Å². The Morgan fingerprint density at radius 1 is 1.37 bits per heavy atom. The summed E-state index contributed by atoms with van der Waals surface area (Å²) in [6.45, 7) is 4.49. The lowest BCUT2D eigenvalue weighted by Crippen LogP contribution is -2.58. The Labute approximate surface area is 121 Å². The fourth-order valence-corrected chi connectivity index (χ4v) is 2.82. The lowest BCUT2D eigenvalue weighted by molar-refractivity contribution is -0.133. The summed E-state index contributed by atoms with van der Waals surface area (Å²) < 4.78 is 6.67. The zero-order chi connectivity index (χ0) is 14.1. The average molecular weight is 327 g/mol. The molecule has 1 atom stereocenters. The molecule has 1 fully saturated rings. The summed E-state index contributed by atoms with van der Waals surface area (Å²) >= 11 is 3.39. The van der Waals surface area contributed by atoms with Gasteiger partial charge in [-0.15, -0.1) is 0 Å². The van der Waals surface area contributed by atoms with Crippen molar-refractivity contribution in [3.8, 4) is 0 Å². The van der Waals surface area contributed by atoms with E-state index in [4.69, 9.17) is 10.5 Å². The van der Waals surface area contributed by atoms with Crippen LogP contribution in [0.2, 0.25) is 0 Å². The molecule has 1 saturated heterocycles. The van der Waals surface area contributed by atoms with Crippen molar-refractivity contribution in [3.05, 3.63) is 28.7 Å². The van der Waals surface area contributed by atoms with E-state index in [1.807, 2.05) is 38.1 Å². The molecule has 3 N–H and O–H groups in total. The minimum Gasteiger partial charge on any atom is -0.375 e. The Balaban J connectivity index is 2.25. The standard InChI is InChI=1S/C14H19BrN2O2/c1-13(2)9-14(12(16)18,7-8-19-13)17-11-5-3-10(15)4-6-11/h3-6,17H,7-9H2,1-2H3,(H2,16,18). The number of ether oxygens (including phenoxy) is 1. The summed E-state index contributed by atoms with van der Waals surface area (Å²) in [5, 5.41) is 3.30. The van der Waals surface area contributed by atoms with Crippen molar-refractivity contribution in [3.63, 3.8) is 0 Å². The van der Waals surface area contributed by atoms with Gasteiger partial charge in [-0.1, -0.05) is 15.9 Å². The third kappa shape index (κ3) is 3.28. The number of primary amides is 1. The van der Waals surface area contributed by atoms with Gasteiger partial charge >= 0.3 is 0 Å². The molecular weight excluding hydrogens is 308 g/mol. The minimum absolute atomic E-state index is 0.327. The number of rotatable bonds is 3. The van der Waals surface area contributed by atoms with Gasteiger partial charge in [0.1, 0.15) is 5.54 Å². The summed E-state index contributed by atoms with van der Waals surface area (Å²) in [5.41, 5.74) is 5.43. The van der Waals surface area contributed by atoms with Gasteiger partial charge in [-0.05, 0) is 38.1 Å². The van der Waals surface area contributed by atoms with Crippen molar-refractivity contribution in [2.45, 2.75) is 37.8 Å². The van der Waals surface area contributed by atoms with Gasteiger partial charge < -0.3 is 15.8 Å². The highest BCUT2D eigenvalue weighted by Gasteiger charge is 2.45. The van der Waals surface area contributed by atoms with Crippen LogP contribution in [0, 0.1) is 0 Å². The highest BCUT2D eigenvalue weighted by molar-refractivity contribution is 9.10. The second kappa shape index (κ2) is 5.13. The molecule has 1 aromatic carbocycles. The molecule has 5 heteroatoms. The first-order valence-corrected chi connectivity index (χ1v) is 7.10. The summed E-state index contributed by atoms with van der Waals surface area (Å²) in [6.07, 6.45) is 1.15. The molecule has 1 heterocycles. The molecule has 19 heavy (non-hydrogen) atoms. The van der Waals surface area contributed by atoms with Gasteiger partial charge in [0.05, 0.1) is 12.2 Å². The fourth-order valence-electron chi connectivity index (χ4n) is 2.56. The van der Waals surface area contributed by atoms with Crippen molar-refractivity contribution in [1.29, 1.82) is 0 Å². The average Bonchev–Trinajstić information content (AvgIpc) is 2.31. The van der Waals surface area contributed by atoms with Gasteiger partial charge in [0, 0.05) is 23.0 Å². The van der Waals surface area contributed by atoms with Crippen molar-refractivity contribution >= 4 is 27.5 Å². The number of hydrogen-bond donors (Lipinski definition) is 2. The van der Waals surface area contributed by atoms with Gasteiger partial charge in [-0.3, -0.25) is 4.79 Å². The summed E-state index contributed by atoms with van der Waals surface area (Å²) in [5.74, 6) is -0.327. The van der Waals surface area contributed by atoms with E-state index in [0.717, 1.165) is 10.2 Å². The largest absolute Gasteiger partial charge is 0.375 e. The molecule has 0 saturated carbocycles. The molecule has 1 unspecified atom stereocenters. The lowest BCUT2D eigenvalue weighted by Gasteiger charge is -2.43. The maximum Gasteiger partial charge on any atom is 0.243 e. The first-order chi connectivity index (χ1) is 8.83. The molecule has 0 radical (unpaired) electrons. The number of nitrogens with one attached hydrogen (secondary N) is 1. The van der Waals surface area contributed by atoms with Gasteiger partial charge in [0.15, 0.2) is 0 Å². The topological polar surface area (TPSA) is 64.3 Å². The Hall–Kier alpha value is -1.07. The molecule has 1 aromatic rings. The molecule has 1 aliphatic rings. The van der Waals surface area contributed by atoms with E-state index in [-0.39, 0.29) is 11.5 Å². The first-order valence-electron chi connectivity index (χ1n) is 6.31. The maximum absolute atomic E-state index is 11.9. The van der Waals surface area contributed by atoms with Gasteiger partial charge in [0.25, 0.3) is 0 Å². The first kappa shape index (κ1) is 14.3. The van der Waals surface area contributed by atoms with Crippen LogP contribution in [0.25, 0.3) is 0 Å². The molecule has 0 aliphatic carbocycles. The van der Waals surface area contributed by atoms with Crippen LogP contribution in [0.5, 0.6) is 0 Å². The Morgan fingerprint density at radius 2 is 2.00 bits per heavy atom. The number of carbonyl (C=O) groups is 1. The summed E-state index contributed by atoms with van der Waals surface area (Å²) in [4.78, 5) is 11.9. The van der Waals surface area contributed by atoms with Crippen LogP contribution < -0.4 is 11.1 Å². The summed E-state index contributed by atoms with van der Waals surface area (Å²) in [6, 6.07) is 7.72. The third-order valence-corrected chi connectivity index (χ3v) is 3.98. The van der Waals surface area contributed by atoms with Gasteiger partial charge in [-0.2, -0.15) is 0 Å². The molecule has 0 bridgehead atoms. The molecular formula is C14H19BrN2O2. The van der Waals surface area contributed by atoms with E-state index in [1.54, 1.807) is 0 Å². The molecule has 2 rings (SSSR count). The third-order valence-electron chi connectivity index (χ3n) is 3.45. The van der Waals surface area contributed by atoms with E-state index < -0.39 is 5.54 Å². The Bertz CT molecular complexity index is 473. The number of nitrogens with two attached hydrogens (primary N) is 1. The van der Waals surface area contributed by atoms with E-state index in [2.05, 4.69) is 21.2 Å². The summed E-state index contributed by atoms with van der Waals surface area (Å²) in [7, 11) is 0. The number of amides is 1. The molecule has 1 aliphatic heterocycles. The highest BCUT2D eigenvalue weighted by Crippen LogP contribution is 2.34. The molecule has 0 spiro atoms. The highest BCUT2D eigenvalue weighted by atomic mass is 79.9. The van der Waals surface area contributed by atoms with Crippen LogP contribution in [-0.2, 0) is 9.53 Å². The van der Waals surface area contributed by atoms with E-state index in [1.165, 1.54) is 0 Å². The number of anilines is 1. The van der Waals surface area contributed by atoms with Gasteiger partial charge in [-0.25, -0.2) is 0 Å². The zero-order valence-corrected chi connectivity index (χ0v) is 12.8. The smallest absolute Gasteiger partial charge is 0.243 e. The fraction of sp³-hybridized carbons (Fsp3) is 0.500. The zero-order valence-electron chi connectivity index (χ0n) is 11.2. The van der Waals surface area contributed by atoms with Crippen LogP contribution in [0.1, 0.15) is 26.7 Å². The number of halogens is 1. The molecule has 4 nitrogen and oxygen atoms in total.